The van der Waals surface area contributed by atoms with Gasteiger partial charge in [0.2, 0.25) is 5.91 Å². The Labute approximate surface area is 107 Å². The number of nitrogens with one attached hydrogen (secondary N) is 1. The normalized spacial score (nSPS) is 23.4. The first-order chi connectivity index (χ1) is 8.19. The van der Waals surface area contributed by atoms with Crippen LogP contribution in [-0.2, 0) is 9.53 Å². The van der Waals surface area contributed by atoms with Crippen LogP contribution in [-0.4, -0.2) is 42.7 Å². The predicted octanol–water partition coefficient (Wildman–Crippen LogP) is 0.752. The zero-order valence-electron chi connectivity index (χ0n) is 10.4. The van der Waals surface area contributed by atoms with Gasteiger partial charge in [0.05, 0.1) is 6.61 Å². The molecule has 0 saturated heterocycles. The van der Waals surface area contributed by atoms with Gasteiger partial charge in [0, 0.05) is 24.7 Å². The van der Waals surface area contributed by atoms with Crippen LogP contribution in [0.15, 0.2) is 0 Å². The highest BCUT2D eigenvalue weighted by atomic mass is 32.2. The van der Waals surface area contributed by atoms with Crippen LogP contribution in [0.2, 0.25) is 0 Å². The van der Waals surface area contributed by atoms with Gasteiger partial charge in [-0.05, 0) is 31.6 Å². The lowest BCUT2D eigenvalue weighted by molar-refractivity contribution is -0.124. The molecule has 98 valence electrons. The Morgan fingerprint density at radius 1 is 1.47 bits per heavy atom. The smallest absolute Gasteiger partial charge is 0.238 e. The van der Waals surface area contributed by atoms with Gasteiger partial charge >= 0.3 is 0 Å². The van der Waals surface area contributed by atoms with Crippen LogP contribution >= 0.6 is 11.8 Å². The average molecular weight is 258 g/mol. The van der Waals surface area contributed by atoms with Gasteiger partial charge in [0.1, 0.15) is 5.54 Å². The van der Waals surface area contributed by atoms with E-state index in [0.717, 1.165) is 31.0 Å². The molecule has 0 aliphatic heterocycles. The number of rotatable bonds is 9. The van der Waals surface area contributed by atoms with Crippen molar-refractivity contribution in [1.29, 1.82) is 0 Å². The number of amides is 1. The lowest BCUT2D eigenvalue weighted by Crippen LogP contribution is -2.60. The molecule has 17 heavy (non-hydrogen) atoms. The number of primary amides is 1. The van der Waals surface area contributed by atoms with Crippen molar-refractivity contribution in [3.63, 3.8) is 0 Å². The molecule has 1 unspecified atom stereocenters. The molecule has 0 heterocycles. The van der Waals surface area contributed by atoms with Gasteiger partial charge in [-0.2, -0.15) is 11.8 Å². The minimum atomic E-state index is -0.459. The quantitative estimate of drug-likeness (QED) is 0.599. The maximum Gasteiger partial charge on any atom is 0.238 e. The molecule has 0 bridgehead atoms. The largest absolute Gasteiger partial charge is 0.384 e. The fourth-order valence-electron chi connectivity index (χ4n) is 2.16. The number of ether oxygens (including phenoxy) is 1. The van der Waals surface area contributed by atoms with Gasteiger partial charge in [-0.1, -0.05) is 0 Å². The van der Waals surface area contributed by atoms with Crippen molar-refractivity contribution in [3.8, 4) is 0 Å². The molecule has 2 aliphatic rings. The van der Waals surface area contributed by atoms with Crippen molar-refractivity contribution < 1.29 is 9.53 Å². The van der Waals surface area contributed by atoms with E-state index in [2.05, 4.69) is 5.32 Å². The third kappa shape index (κ3) is 3.36. The summed E-state index contributed by atoms with van der Waals surface area (Å²) in [5.41, 5.74) is 5.20. The van der Waals surface area contributed by atoms with Gasteiger partial charge in [-0.25, -0.2) is 0 Å². The lowest BCUT2D eigenvalue weighted by Gasteiger charge is -2.32. The van der Waals surface area contributed by atoms with E-state index in [1.54, 1.807) is 18.9 Å². The maximum atomic E-state index is 11.8. The van der Waals surface area contributed by atoms with Crippen molar-refractivity contribution in [2.75, 3.05) is 25.2 Å². The topological polar surface area (TPSA) is 64.3 Å². The highest BCUT2D eigenvalue weighted by Crippen LogP contribution is 2.43. The Kier molecular flexibility index (Phi) is 4.33. The molecule has 2 rings (SSSR count). The summed E-state index contributed by atoms with van der Waals surface area (Å²) in [4.78, 5) is 11.8. The molecule has 0 radical (unpaired) electrons. The summed E-state index contributed by atoms with van der Waals surface area (Å²) in [5.74, 6) is 1.99. The minimum Gasteiger partial charge on any atom is -0.384 e. The van der Waals surface area contributed by atoms with E-state index in [-0.39, 0.29) is 5.91 Å². The van der Waals surface area contributed by atoms with Crippen molar-refractivity contribution in [2.45, 2.75) is 37.3 Å². The summed E-state index contributed by atoms with van der Waals surface area (Å²) < 4.78 is 5.03. The van der Waals surface area contributed by atoms with Crippen molar-refractivity contribution in [2.24, 2.45) is 11.7 Å². The first-order valence-corrected chi connectivity index (χ1v) is 7.49. The number of methoxy groups -OCH3 is 1. The van der Waals surface area contributed by atoms with E-state index in [4.69, 9.17) is 10.5 Å². The van der Waals surface area contributed by atoms with Crippen LogP contribution in [0.5, 0.6) is 0 Å². The van der Waals surface area contributed by atoms with E-state index in [0.29, 0.717) is 12.0 Å². The highest BCUT2D eigenvalue weighted by Gasteiger charge is 2.51. The number of nitrogens with two attached hydrogens (primary N) is 1. The summed E-state index contributed by atoms with van der Waals surface area (Å²) in [6.45, 7) is 0.730. The summed E-state index contributed by atoms with van der Waals surface area (Å²) >= 11 is 1.76. The molecule has 1 amide bonds. The maximum absolute atomic E-state index is 11.8. The second kappa shape index (κ2) is 5.59. The molecule has 3 N–H and O–H groups in total. The monoisotopic (exact) mass is 258 g/mol. The Morgan fingerprint density at radius 3 is 2.65 bits per heavy atom. The van der Waals surface area contributed by atoms with Gasteiger partial charge in [-0.15, -0.1) is 0 Å². The molecule has 0 aromatic rings. The summed E-state index contributed by atoms with van der Waals surface area (Å²) in [7, 11) is 1.70. The highest BCUT2D eigenvalue weighted by molar-refractivity contribution is 7.99. The Hall–Kier alpha value is -0.260. The number of thioether (sulfide) groups is 1. The first kappa shape index (κ1) is 13.2. The van der Waals surface area contributed by atoms with Gasteiger partial charge < -0.3 is 10.5 Å². The van der Waals surface area contributed by atoms with Crippen molar-refractivity contribution in [1.82, 2.24) is 5.32 Å². The van der Waals surface area contributed by atoms with E-state index in [1.807, 2.05) is 0 Å². The molecular weight excluding hydrogens is 236 g/mol. The van der Waals surface area contributed by atoms with Crippen LogP contribution in [0.3, 0.4) is 0 Å². The van der Waals surface area contributed by atoms with Gasteiger partial charge in [0.25, 0.3) is 0 Å². The second-order valence-corrected chi connectivity index (χ2v) is 6.18. The number of hydrogen-bond acceptors (Lipinski definition) is 4. The predicted molar refractivity (Wildman–Crippen MR) is 70.0 cm³/mol. The first-order valence-electron chi connectivity index (χ1n) is 6.33. The molecule has 4 nitrogen and oxygen atoms in total. The van der Waals surface area contributed by atoms with Crippen molar-refractivity contribution in [3.05, 3.63) is 0 Å². The minimum absolute atomic E-state index is 0.170. The number of carbonyl (C=O) groups is 1. The Balaban J connectivity index is 1.91. The second-order valence-electron chi connectivity index (χ2n) is 5.07. The average Bonchev–Trinajstić information content (AvgIpc) is 3.15. The number of hydrogen-bond donors (Lipinski definition) is 2. The van der Waals surface area contributed by atoms with E-state index in [1.165, 1.54) is 12.8 Å². The van der Waals surface area contributed by atoms with E-state index in [9.17, 15) is 4.79 Å². The third-order valence-corrected chi connectivity index (χ3v) is 4.63. The standard InChI is InChI=1S/C12H22N2O2S/c1-16-6-7-17-8-12(11(13)15,9-2-3-9)14-10-4-5-10/h9-10,14H,2-8H2,1H3,(H2,13,15). The molecule has 0 spiro atoms. The molecule has 2 saturated carbocycles. The molecule has 2 fully saturated rings. The zero-order valence-corrected chi connectivity index (χ0v) is 11.2. The Bertz CT molecular complexity index is 280. The van der Waals surface area contributed by atoms with Gasteiger partial charge in [0.15, 0.2) is 0 Å². The molecule has 0 aromatic carbocycles. The molecule has 0 aromatic heterocycles. The molecular formula is C12H22N2O2S. The zero-order chi connectivity index (χ0) is 12.3. The van der Waals surface area contributed by atoms with Crippen LogP contribution in [0, 0.1) is 5.92 Å². The fraction of sp³-hybridized carbons (Fsp3) is 0.917. The summed E-state index contributed by atoms with van der Waals surface area (Å²) in [5, 5.41) is 3.51. The molecule has 1 atom stereocenters. The van der Waals surface area contributed by atoms with E-state index >= 15 is 0 Å². The van der Waals surface area contributed by atoms with Crippen molar-refractivity contribution >= 4 is 17.7 Å². The summed E-state index contributed by atoms with van der Waals surface area (Å²) in [6, 6.07) is 0.520. The summed E-state index contributed by atoms with van der Waals surface area (Å²) in [6.07, 6.45) is 4.63. The lowest BCUT2D eigenvalue weighted by atomic mass is 9.94. The molecule has 5 heteroatoms. The van der Waals surface area contributed by atoms with Crippen LogP contribution in [0.4, 0.5) is 0 Å². The van der Waals surface area contributed by atoms with Gasteiger partial charge in [-0.3, -0.25) is 10.1 Å². The van der Waals surface area contributed by atoms with Crippen LogP contribution in [0.25, 0.3) is 0 Å². The third-order valence-electron chi connectivity index (χ3n) is 3.51. The Morgan fingerprint density at radius 2 is 2.18 bits per heavy atom. The SMILES string of the molecule is COCCSCC(NC1CC1)(C(N)=O)C1CC1. The van der Waals surface area contributed by atoms with E-state index < -0.39 is 5.54 Å². The fourth-order valence-corrected chi connectivity index (χ4v) is 3.38. The van der Waals surface area contributed by atoms with Crippen LogP contribution in [0.1, 0.15) is 25.7 Å². The molecule has 2 aliphatic carbocycles. The number of carbonyl (C=O) groups excluding carboxylic acids is 1. The van der Waals surface area contributed by atoms with Crippen LogP contribution < -0.4 is 11.1 Å².